The zero-order valence-electron chi connectivity index (χ0n) is 10.8. The van der Waals surface area contributed by atoms with Crippen LogP contribution in [0.4, 0.5) is 0 Å². The fraction of sp³-hybridized carbons (Fsp3) is 0.636. The van der Waals surface area contributed by atoms with E-state index in [1.807, 2.05) is 0 Å². The number of ketones is 1. The molecule has 0 radical (unpaired) electrons. The van der Waals surface area contributed by atoms with Crippen LogP contribution in [0.3, 0.4) is 0 Å². The van der Waals surface area contributed by atoms with Gasteiger partial charge in [0.1, 0.15) is 6.21 Å². The lowest BCUT2D eigenvalue weighted by molar-refractivity contribution is -0.108. The van der Waals surface area contributed by atoms with E-state index < -0.39 is 17.0 Å². The summed E-state index contributed by atoms with van der Waals surface area (Å²) >= 11 is 0. The maximum Gasteiger partial charge on any atom is 0.201 e. The number of carbonyl (C=O) groups is 1. The van der Waals surface area contributed by atoms with Crippen LogP contribution in [0.5, 0.6) is 0 Å². The Bertz CT molecular complexity index is 385. The summed E-state index contributed by atoms with van der Waals surface area (Å²) in [6.45, 7) is 7.07. The van der Waals surface area contributed by atoms with Crippen LogP contribution in [-0.2, 0) is 4.79 Å². The van der Waals surface area contributed by atoms with Crippen molar-refractivity contribution in [3.63, 3.8) is 0 Å². The van der Waals surface area contributed by atoms with Gasteiger partial charge in [-0.15, -0.1) is 0 Å². The van der Waals surface area contributed by atoms with Gasteiger partial charge in [0, 0.05) is 24.4 Å². The summed E-state index contributed by atoms with van der Waals surface area (Å²) < 4.78 is 0. The fourth-order valence-electron chi connectivity index (χ4n) is 2.13. The maximum atomic E-state index is 12.1. The average molecular weight is 240 g/mol. The SMILES string of the molecule is CN1C(=CC(=O)C=NO)C(C)(C)N([O-])C1(C)C. The summed E-state index contributed by atoms with van der Waals surface area (Å²) in [5.41, 5.74) is -0.911. The Hall–Kier alpha value is -1.40. The van der Waals surface area contributed by atoms with E-state index in [2.05, 4.69) is 5.16 Å². The van der Waals surface area contributed by atoms with Crippen molar-refractivity contribution in [2.24, 2.45) is 5.16 Å². The number of allylic oxidation sites excluding steroid dienone is 1. The van der Waals surface area contributed by atoms with Crippen molar-refractivity contribution in [1.82, 2.24) is 9.96 Å². The van der Waals surface area contributed by atoms with Gasteiger partial charge in [-0.1, -0.05) is 5.16 Å². The summed E-state index contributed by atoms with van der Waals surface area (Å²) in [5.74, 6) is -0.450. The molecule has 0 aromatic carbocycles. The number of hydroxylamine groups is 2. The predicted molar refractivity (Wildman–Crippen MR) is 64.5 cm³/mol. The van der Waals surface area contributed by atoms with Gasteiger partial charge in [0.2, 0.25) is 5.78 Å². The Morgan fingerprint density at radius 1 is 1.41 bits per heavy atom. The van der Waals surface area contributed by atoms with Crippen LogP contribution in [0.1, 0.15) is 27.7 Å². The predicted octanol–water partition coefficient (Wildman–Crippen LogP) is 1.16. The third-order valence-corrected chi connectivity index (χ3v) is 3.28. The molecule has 17 heavy (non-hydrogen) atoms. The topological polar surface area (TPSA) is 79.2 Å². The van der Waals surface area contributed by atoms with Gasteiger partial charge in [0.25, 0.3) is 0 Å². The molecule has 0 aromatic rings. The summed E-state index contributed by atoms with van der Waals surface area (Å²) in [4.78, 5) is 13.2. The highest BCUT2D eigenvalue weighted by atomic mass is 16.5. The molecule has 1 N–H and O–H groups in total. The van der Waals surface area contributed by atoms with Crippen molar-refractivity contribution in [2.45, 2.75) is 38.9 Å². The Labute approximate surface area is 101 Å². The van der Waals surface area contributed by atoms with Gasteiger partial charge in [-0.05, 0) is 27.7 Å². The highest BCUT2D eigenvalue weighted by molar-refractivity contribution is 6.32. The normalized spacial score (nSPS) is 26.0. The lowest BCUT2D eigenvalue weighted by Crippen LogP contribution is -2.47. The number of rotatable bonds is 2. The number of nitrogens with zero attached hydrogens (tertiary/aromatic N) is 3. The Morgan fingerprint density at radius 2 is 1.94 bits per heavy atom. The summed E-state index contributed by atoms with van der Waals surface area (Å²) in [7, 11) is 1.76. The second-order valence-corrected chi connectivity index (χ2v) is 5.08. The van der Waals surface area contributed by atoms with Gasteiger partial charge < -0.3 is 20.4 Å². The van der Waals surface area contributed by atoms with Gasteiger partial charge in [-0.3, -0.25) is 4.79 Å². The Morgan fingerprint density at radius 3 is 2.29 bits per heavy atom. The van der Waals surface area contributed by atoms with Crippen molar-refractivity contribution in [3.8, 4) is 0 Å². The van der Waals surface area contributed by atoms with Crippen LogP contribution in [-0.4, -0.2) is 45.4 Å². The Kier molecular flexibility index (Phi) is 3.31. The molecule has 1 aliphatic heterocycles. The van der Waals surface area contributed by atoms with Gasteiger partial charge in [0.05, 0.1) is 5.66 Å². The van der Waals surface area contributed by atoms with Gasteiger partial charge in [0.15, 0.2) is 0 Å². The molecule has 0 atom stereocenters. The summed E-state index contributed by atoms with van der Waals surface area (Å²) in [6.07, 6.45) is 2.12. The van der Waals surface area contributed by atoms with Crippen LogP contribution < -0.4 is 0 Å². The molecule has 6 heteroatoms. The smallest absolute Gasteiger partial charge is 0.201 e. The molecule has 0 aliphatic carbocycles. The van der Waals surface area contributed by atoms with Gasteiger partial charge in [-0.2, -0.15) is 0 Å². The van der Waals surface area contributed by atoms with E-state index in [1.165, 1.54) is 6.08 Å². The minimum absolute atomic E-state index is 0.450. The first kappa shape index (κ1) is 13.7. The highest BCUT2D eigenvalue weighted by Gasteiger charge is 2.46. The number of hydrogen-bond donors (Lipinski definition) is 1. The minimum Gasteiger partial charge on any atom is -0.783 e. The molecular formula is C11H18N3O3-. The summed E-state index contributed by atoms with van der Waals surface area (Å²) in [6, 6.07) is 0. The largest absolute Gasteiger partial charge is 0.783 e. The van der Waals surface area contributed by atoms with Crippen LogP contribution >= 0.6 is 0 Å². The monoisotopic (exact) mass is 240 g/mol. The first-order valence-corrected chi connectivity index (χ1v) is 5.30. The van der Waals surface area contributed by atoms with Crippen molar-refractivity contribution >= 4 is 12.0 Å². The molecule has 1 aliphatic rings. The average Bonchev–Trinajstić information content (AvgIpc) is 2.32. The van der Waals surface area contributed by atoms with Crippen molar-refractivity contribution in [3.05, 3.63) is 17.0 Å². The lowest BCUT2D eigenvalue weighted by atomic mass is 10.0. The molecule has 1 heterocycles. The minimum atomic E-state index is -0.794. The number of hydrogen-bond acceptors (Lipinski definition) is 6. The fourth-order valence-corrected chi connectivity index (χ4v) is 2.13. The number of oxime groups is 1. The van der Waals surface area contributed by atoms with E-state index in [0.717, 1.165) is 11.3 Å². The Balaban J connectivity index is 3.20. The third kappa shape index (κ3) is 2.05. The molecule has 96 valence electrons. The standard InChI is InChI=1S/C11H18N3O3/c1-10(2)9(6-8(15)7-12-16)13(5)11(3,4)14(10)17/h6-7,16H,1-5H3/q-1. The zero-order chi connectivity index (χ0) is 13.4. The van der Waals surface area contributed by atoms with Gasteiger partial charge in [-0.25, -0.2) is 0 Å². The van der Waals surface area contributed by atoms with E-state index in [9.17, 15) is 10.0 Å². The molecule has 0 saturated carbocycles. The van der Waals surface area contributed by atoms with Crippen LogP contribution in [0, 0.1) is 5.21 Å². The first-order chi connectivity index (χ1) is 7.65. The molecule has 1 rings (SSSR count). The van der Waals surface area contributed by atoms with E-state index in [-0.39, 0.29) is 0 Å². The third-order valence-electron chi connectivity index (χ3n) is 3.28. The molecule has 0 unspecified atom stereocenters. The second kappa shape index (κ2) is 4.12. The summed E-state index contributed by atoms with van der Waals surface area (Å²) in [5, 5.41) is 24.1. The molecule has 0 amide bonds. The zero-order valence-corrected chi connectivity index (χ0v) is 10.8. The van der Waals surface area contributed by atoms with E-state index >= 15 is 0 Å². The molecule has 6 nitrogen and oxygen atoms in total. The van der Waals surface area contributed by atoms with Gasteiger partial charge >= 0.3 is 0 Å². The molecule has 0 spiro atoms. The quantitative estimate of drug-likeness (QED) is 0.339. The lowest BCUT2D eigenvalue weighted by Gasteiger charge is -2.45. The van der Waals surface area contributed by atoms with E-state index in [1.54, 1.807) is 39.6 Å². The molecular weight excluding hydrogens is 222 g/mol. The number of carbonyl (C=O) groups excluding carboxylic acids is 1. The molecule has 0 aromatic heterocycles. The van der Waals surface area contributed by atoms with Crippen LogP contribution in [0.15, 0.2) is 16.9 Å². The second-order valence-electron chi connectivity index (χ2n) is 5.08. The molecule has 1 saturated heterocycles. The highest BCUT2D eigenvalue weighted by Crippen LogP contribution is 2.42. The van der Waals surface area contributed by atoms with Crippen LogP contribution in [0.2, 0.25) is 0 Å². The van der Waals surface area contributed by atoms with E-state index in [0.29, 0.717) is 5.70 Å². The molecule has 1 fully saturated rings. The maximum absolute atomic E-state index is 12.1. The molecule has 0 bridgehead atoms. The van der Waals surface area contributed by atoms with Crippen molar-refractivity contribution in [2.75, 3.05) is 7.05 Å². The van der Waals surface area contributed by atoms with E-state index in [4.69, 9.17) is 5.21 Å². The van der Waals surface area contributed by atoms with Crippen LogP contribution in [0.25, 0.3) is 0 Å². The number of likely N-dealkylation sites (N-methyl/N-ethyl adjacent to an activating group) is 1. The first-order valence-electron chi connectivity index (χ1n) is 5.30. The van der Waals surface area contributed by atoms with Crippen molar-refractivity contribution in [1.29, 1.82) is 0 Å². The van der Waals surface area contributed by atoms with Crippen molar-refractivity contribution < 1.29 is 10.0 Å².